The molecule has 4 heterocycles. The van der Waals surface area contributed by atoms with Crippen LogP contribution >= 0.6 is 15.9 Å². The number of piperazine rings is 1. The highest BCUT2D eigenvalue weighted by molar-refractivity contribution is 9.10. The highest BCUT2D eigenvalue weighted by Gasteiger charge is 2.48. The Morgan fingerprint density at radius 1 is 1.38 bits per heavy atom. The van der Waals surface area contributed by atoms with Crippen LogP contribution in [0.15, 0.2) is 21.0 Å². The number of benzene rings is 1. The molecule has 8 nitrogen and oxygen atoms in total. The second-order valence-corrected chi connectivity index (χ2v) is 6.98. The molecule has 0 spiro atoms. The Bertz CT molecular complexity index is 839. The van der Waals surface area contributed by atoms with Crippen molar-refractivity contribution in [2.45, 2.75) is 25.4 Å². The molecule has 0 aliphatic carbocycles. The predicted octanol–water partition coefficient (Wildman–Crippen LogP) is 2.49. The predicted molar refractivity (Wildman–Crippen MR) is 90.3 cm³/mol. The van der Waals surface area contributed by atoms with E-state index in [0.717, 1.165) is 6.42 Å². The molecule has 5 rings (SSSR count). The summed E-state index contributed by atoms with van der Waals surface area (Å²) in [5.74, 6) is -0.158. The largest absolute Gasteiger partial charge is 0.465 e. The third kappa shape index (κ3) is 2.39. The number of rotatable bonds is 2. The molecule has 9 heteroatoms. The number of carbonyl (C=O) groups excluding carboxylic acids is 1. The Labute approximate surface area is 145 Å². The number of anilines is 2. The van der Waals surface area contributed by atoms with E-state index in [4.69, 9.17) is 4.42 Å². The van der Waals surface area contributed by atoms with Crippen molar-refractivity contribution in [2.24, 2.45) is 0 Å². The van der Waals surface area contributed by atoms with Gasteiger partial charge in [0, 0.05) is 25.7 Å². The first-order valence-corrected chi connectivity index (χ1v) is 8.35. The smallest absolute Gasteiger partial charge is 0.407 e. The summed E-state index contributed by atoms with van der Waals surface area (Å²) in [6.45, 7) is 2.60. The van der Waals surface area contributed by atoms with Crippen molar-refractivity contribution in [3.63, 3.8) is 0 Å². The molecule has 2 N–H and O–H groups in total. The lowest BCUT2D eigenvalue weighted by Gasteiger charge is -2.54. The molecular formula is C15H15BrN4O4. The standard InChI is InChI=1S/C15H15BrN4O4/c1-7(21)17-8-2-11(16)13-12(3-8)18-14(24-13)19-5-9-4-10(6-19)20(9)15(22)23/h2-3,9-10H,4-6H2,1H3,(H,17,21)(H,22,23). The van der Waals surface area contributed by atoms with Crippen LogP contribution in [-0.2, 0) is 4.79 Å². The van der Waals surface area contributed by atoms with E-state index in [1.807, 2.05) is 4.90 Å². The number of nitrogens with zero attached hydrogens (tertiary/aromatic N) is 3. The van der Waals surface area contributed by atoms with Crippen LogP contribution in [0.2, 0.25) is 0 Å². The maximum Gasteiger partial charge on any atom is 0.407 e. The van der Waals surface area contributed by atoms with Crippen LogP contribution in [0, 0.1) is 0 Å². The van der Waals surface area contributed by atoms with Gasteiger partial charge in [0.2, 0.25) is 5.91 Å². The van der Waals surface area contributed by atoms with Gasteiger partial charge in [-0.1, -0.05) is 0 Å². The van der Waals surface area contributed by atoms with E-state index < -0.39 is 6.09 Å². The van der Waals surface area contributed by atoms with Gasteiger partial charge in [0.05, 0.1) is 16.6 Å². The molecule has 24 heavy (non-hydrogen) atoms. The topological polar surface area (TPSA) is 98.9 Å². The number of nitrogens with one attached hydrogen (secondary N) is 1. The first kappa shape index (κ1) is 15.3. The fourth-order valence-electron chi connectivity index (χ4n) is 3.47. The van der Waals surface area contributed by atoms with E-state index in [-0.39, 0.29) is 18.0 Å². The van der Waals surface area contributed by atoms with Crippen LogP contribution in [0.5, 0.6) is 0 Å². The first-order chi connectivity index (χ1) is 11.4. The zero-order valence-corrected chi connectivity index (χ0v) is 14.4. The van der Waals surface area contributed by atoms with Gasteiger partial charge >= 0.3 is 6.09 Å². The van der Waals surface area contributed by atoms with Crippen molar-refractivity contribution < 1.29 is 19.1 Å². The van der Waals surface area contributed by atoms with E-state index in [2.05, 4.69) is 26.2 Å². The molecule has 0 saturated carbocycles. The van der Waals surface area contributed by atoms with Gasteiger partial charge < -0.3 is 19.7 Å². The van der Waals surface area contributed by atoms with E-state index in [1.54, 1.807) is 12.1 Å². The molecule has 1 aromatic heterocycles. The lowest BCUT2D eigenvalue weighted by Crippen LogP contribution is -2.70. The summed E-state index contributed by atoms with van der Waals surface area (Å²) >= 11 is 3.43. The van der Waals surface area contributed by atoms with Crippen molar-refractivity contribution in [3.05, 3.63) is 16.6 Å². The summed E-state index contributed by atoms with van der Waals surface area (Å²) in [6, 6.07) is 3.98. The van der Waals surface area contributed by atoms with Crippen molar-refractivity contribution in [3.8, 4) is 0 Å². The number of oxazole rings is 1. The molecular weight excluding hydrogens is 380 g/mol. The molecule has 2 unspecified atom stereocenters. The molecule has 3 fully saturated rings. The third-order valence-electron chi connectivity index (χ3n) is 4.44. The monoisotopic (exact) mass is 394 g/mol. The van der Waals surface area contributed by atoms with E-state index in [0.29, 0.717) is 40.4 Å². The second kappa shape index (κ2) is 5.37. The summed E-state index contributed by atoms with van der Waals surface area (Å²) in [6.07, 6.45) is 0.0236. The van der Waals surface area contributed by atoms with Crippen LogP contribution in [0.25, 0.3) is 11.1 Å². The molecule has 126 valence electrons. The van der Waals surface area contributed by atoms with Gasteiger partial charge in [-0.25, -0.2) is 4.79 Å². The fraction of sp³-hybridized carbons (Fsp3) is 0.400. The molecule has 3 aliphatic heterocycles. The fourth-order valence-corrected chi connectivity index (χ4v) is 4.00. The number of aromatic nitrogens is 1. The van der Waals surface area contributed by atoms with Crippen LogP contribution < -0.4 is 10.2 Å². The van der Waals surface area contributed by atoms with E-state index in [9.17, 15) is 14.7 Å². The number of hydrogen-bond acceptors (Lipinski definition) is 5. The SMILES string of the molecule is CC(=O)Nc1cc(Br)c2oc(N3CC4CC(C3)N4C(=O)O)nc2c1. The summed E-state index contributed by atoms with van der Waals surface area (Å²) in [5.41, 5.74) is 1.88. The maximum absolute atomic E-state index is 11.2. The minimum absolute atomic E-state index is 0.00496. The molecule has 1 aromatic carbocycles. The molecule has 2 aromatic rings. The number of piperidine rings is 1. The van der Waals surface area contributed by atoms with E-state index >= 15 is 0 Å². The second-order valence-electron chi connectivity index (χ2n) is 6.12. The Morgan fingerprint density at radius 2 is 2.08 bits per heavy atom. The molecule has 3 aliphatic rings. The number of carboxylic acid groups (broad SMARTS) is 1. The van der Waals surface area contributed by atoms with Gasteiger partial charge in [-0.05, 0) is 34.5 Å². The summed E-state index contributed by atoms with van der Waals surface area (Å²) in [7, 11) is 0. The number of fused-ring (bicyclic) bond motifs is 3. The van der Waals surface area contributed by atoms with Gasteiger partial charge in [0.1, 0.15) is 5.52 Å². The number of carbonyl (C=O) groups is 2. The van der Waals surface area contributed by atoms with Crippen LogP contribution in [0.4, 0.5) is 16.5 Å². The zero-order valence-electron chi connectivity index (χ0n) is 12.8. The maximum atomic E-state index is 11.2. The molecule has 3 saturated heterocycles. The average molecular weight is 395 g/mol. The Balaban J connectivity index is 1.61. The van der Waals surface area contributed by atoms with Gasteiger partial charge in [0.15, 0.2) is 5.58 Å². The van der Waals surface area contributed by atoms with Gasteiger partial charge in [-0.2, -0.15) is 4.98 Å². The molecule has 0 radical (unpaired) electrons. The van der Waals surface area contributed by atoms with E-state index in [1.165, 1.54) is 11.8 Å². The van der Waals surface area contributed by atoms with Gasteiger partial charge in [-0.3, -0.25) is 9.69 Å². The lowest BCUT2D eigenvalue weighted by atomic mass is 9.88. The van der Waals surface area contributed by atoms with Crippen molar-refractivity contribution >= 4 is 50.7 Å². The van der Waals surface area contributed by atoms with Crippen molar-refractivity contribution in [2.75, 3.05) is 23.3 Å². The minimum Gasteiger partial charge on any atom is -0.465 e. The Hall–Kier alpha value is -2.29. The minimum atomic E-state index is -0.865. The average Bonchev–Trinajstić information content (AvgIpc) is 2.90. The molecule has 2 atom stereocenters. The van der Waals surface area contributed by atoms with Crippen molar-refractivity contribution in [1.29, 1.82) is 0 Å². The Kier molecular flexibility index (Phi) is 3.41. The van der Waals surface area contributed by atoms with Crippen LogP contribution in [0.1, 0.15) is 13.3 Å². The normalized spacial score (nSPS) is 22.4. The zero-order chi connectivity index (χ0) is 17.0. The molecule has 2 bridgehead atoms. The number of amides is 2. The van der Waals surface area contributed by atoms with Gasteiger partial charge in [0.25, 0.3) is 6.01 Å². The van der Waals surface area contributed by atoms with Crippen LogP contribution in [0.3, 0.4) is 0 Å². The third-order valence-corrected chi connectivity index (χ3v) is 5.03. The van der Waals surface area contributed by atoms with Crippen LogP contribution in [-0.4, -0.2) is 52.2 Å². The summed E-state index contributed by atoms with van der Waals surface area (Å²) in [5, 5.41) is 11.9. The van der Waals surface area contributed by atoms with Crippen molar-refractivity contribution in [1.82, 2.24) is 9.88 Å². The van der Waals surface area contributed by atoms with Gasteiger partial charge in [-0.15, -0.1) is 0 Å². The summed E-state index contributed by atoms with van der Waals surface area (Å²) < 4.78 is 6.56. The number of halogens is 1. The lowest BCUT2D eigenvalue weighted by molar-refractivity contribution is -0.114. The highest BCUT2D eigenvalue weighted by atomic mass is 79.9. The quantitative estimate of drug-likeness (QED) is 0.811. The first-order valence-electron chi connectivity index (χ1n) is 7.56. The molecule has 2 amide bonds. The Morgan fingerprint density at radius 3 is 2.71 bits per heavy atom. The summed E-state index contributed by atoms with van der Waals surface area (Å²) in [4.78, 5) is 30.4. The highest BCUT2D eigenvalue weighted by Crippen LogP contribution is 2.37. The number of hydrogen-bond donors (Lipinski definition) is 2.